The first-order valence-electron chi connectivity index (χ1n) is 8.09. The van der Waals surface area contributed by atoms with Gasteiger partial charge in [-0.15, -0.1) is 0 Å². The van der Waals surface area contributed by atoms with Crippen molar-refractivity contribution < 1.29 is 0 Å². The van der Waals surface area contributed by atoms with E-state index in [1.54, 1.807) is 0 Å². The van der Waals surface area contributed by atoms with E-state index in [4.69, 9.17) is 0 Å². The van der Waals surface area contributed by atoms with Crippen molar-refractivity contribution >= 4 is 11.6 Å². The van der Waals surface area contributed by atoms with Crippen LogP contribution >= 0.6 is 0 Å². The van der Waals surface area contributed by atoms with Gasteiger partial charge in [0.05, 0.1) is 0 Å². The summed E-state index contributed by atoms with van der Waals surface area (Å²) in [6.45, 7) is 4.46. The van der Waals surface area contributed by atoms with E-state index in [-0.39, 0.29) is 0 Å². The standard InChI is InChI=1S/C16H28N4/c1-4-8-14-19-15(17-3)11-16(20-14)18-13-10-7-6-9-12(13)5-2/h11-13H,4-10H2,1-3H3,(H2,17,18,19,20). The van der Waals surface area contributed by atoms with E-state index in [2.05, 4.69) is 34.4 Å². The summed E-state index contributed by atoms with van der Waals surface area (Å²) in [5.41, 5.74) is 0. The van der Waals surface area contributed by atoms with Crippen LogP contribution in [-0.2, 0) is 6.42 Å². The van der Waals surface area contributed by atoms with Crippen LogP contribution in [0.15, 0.2) is 6.07 Å². The molecule has 0 aromatic carbocycles. The quantitative estimate of drug-likeness (QED) is 0.828. The topological polar surface area (TPSA) is 49.8 Å². The minimum atomic E-state index is 0.572. The fourth-order valence-corrected chi connectivity index (χ4v) is 3.11. The molecule has 2 rings (SSSR count). The Balaban J connectivity index is 2.12. The molecule has 0 aliphatic heterocycles. The van der Waals surface area contributed by atoms with Crippen LogP contribution in [0.4, 0.5) is 11.6 Å². The van der Waals surface area contributed by atoms with Gasteiger partial charge in [-0.25, -0.2) is 9.97 Å². The summed E-state index contributed by atoms with van der Waals surface area (Å²) >= 11 is 0. The number of nitrogens with zero attached hydrogens (tertiary/aromatic N) is 2. The molecular formula is C16H28N4. The molecule has 0 amide bonds. The van der Waals surface area contributed by atoms with Gasteiger partial charge in [0.25, 0.3) is 0 Å². The van der Waals surface area contributed by atoms with Crippen LogP contribution in [0.25, 0.3) is 0 Å². The molecule has 1 fully saturated rings. The Bertz CT molecular complexity index is 419. The molecular weight excluding hydrogens is 248 g/mol. The number of hydrogen-bond acceptors (Lipinski definition) is 4. The summed E-state index contributed by atoms with van der Waals surface area (Å²) in [4.78, 5) is 9.18. The molecule has 112 valence electrons. The molecule has 2 unspecified atom stereocenters. The van der Waals surface area contributed by atoms with E-state index in [1.807, 2.05) is 13.1 Å². The molecule has 20 heavy (non-hydrogen) atoms. The van der Waals surface area contributed by atoms with Crippen LogP contribution in [0, 0.1) is 5.92 Å². The molecule has 1 aliphatic rings. The Hall–Kier alpha value is -1.32. The molecule has 4 heteroatoms. The van der Waals surface area contributed by atoms with Gasteiger partial charge in [0.1, 0.15) is 17.5 Å². The highest BCUT2D eigenvalue weighted by molar-refractivity contribution is 5.47. The molecule has 1 aromatic rings. The van der Waals surface area contributed by atoms with Gasteiger partial charge in [-0.1, -0.05) is 33.1 Å². The predicted octanol–water partition coefficient (Wildman–Crippen LogP) is 3.85. The van der Waals surface area contributed by atoms with Gasteiger partial charge in [0, 0.05) is 25.6 Å². The van der Waals surface area contributed by atoms with Crippen molar-refractivity contribution in [2.24, 2.45) is 5.92 Å². The highest BCUT2D eigenvalue weighted by atomic mass is 15.1. The average Bonchev–Trinajstić information content (AvgIpc) is 2.48. The molecule has 4 nitrogen and oxygen atoms in total. The molecule has 2 atom stereocenters. The zero-order valence-electron chi connectivity index (χ0n) is 13.1. The van der Waals surface area contributed by atoms with Crippen molar-refractivity contribution in [3.05, 3.63) is 11.9 Å². The molecule has 1 heterocycles. The van der Waals surface area contributed by atoms with Crippen LogP contribution in [0.3, 0.4) is 0 Å². The number of hydrogen-bond donors (Lipinski definition) is 2. The van der Waals surface area contributed by atoms with Crippen molar-refractivity contribution in [1.29, 1.82) is 0 Å². The van der Waals surface area contributed by atoms with Crippen molar-refractivity contribution in [3.63, 3.8) is 0 Å². The Kier molecular flexibility index (Phi) is 5.62. The zero-order valence-corrected chi connectivity index (χ0v) is 13.1. The van der Waals surface area contributed by atoms with Crippen LogP contribution in [-0.4, -0.2) is 23.1 Å². The smallest absolute Gasteiger partial charge is 0.133 e. The number of nitrogens with one attached hydrogen (secondary N) is 2. The van der Waals surface area contributed by atoms with Gasteiger partial charge in [0.2, 0.25) is 0 Å². The van der Waals surface area contributed by atoms with Crippen molar-refractivity contribution in [2.75, 3.05) is 17.7 Å². The third-order valence-electron chi connectivity index (χ3n) is 4.27. The second kappa shape index (κ2) is 7.46. The second-order valence-electron chi connectivity index (χ2n) is 5.76. The SMILES string of the molecule is CCCc1nc(NC)cc(NC2CCCCC2CC)n1. The van der Waals surface area contributed by atoms with Crippen LogP contribution < -0.4 is 10.6 Å². The van der Waals surface area contributed by atoms with Crippen LogP contribution in [0.5, 0.6) is 0 Å². The molecule has 0 bridgehead atoms. The minimum absolute atomic E-state index is 0.572. The van der Waals surface area contributed by atoms with Crippen LogP contribution in [0.2, 0.25) is 0 Å². The Morgan fingerprint density at radius 2 is 1.90 bits per heavy atom. The van der Waals surface area contributed by atoms with Gasteiger partial charge in [-0.3, -0.25) is 0 Å². The third-order valence-corrected chi connectivity index (χ3v) is 4.27. The first-order valence-corrected chi connectivity index (χ1v) is 8.09. The highest BCUT2D eigenvalue weighted by Gasteiger charge is 2.23. The largest absolute Gasteiger partial charge is 0.373 e. The fraction of sp³-hybridized carbons (Fsp3) is 0.750. The van der Waals surface area contributed by atoms with Gasteiger partial charge in [-0.05, 0) is 25.2 Å². The lowest BCUT2D eigenvalue weighted by molar-refractivity contribution is 0.317. The van der Waals surface area contributed by atoms with Gasteiger partial charge in [0.15, 0.2) is 0 Å². The molecule has 1 aliphatic carbocycles. The van der Waals surface area contributed by atoms with Gasteiger partial charge >= 0.3 is 0 Å². The zero-order chi connectivity index (χ0) is 14.4. The Morgan fingerprint density at radius 3 is 2.60 bits per heavy atom. The number of rotatable bonds is 6. The van der Waals surface area contributed by atoms with E-state index in [0.717, 1.165) is 36.2 Å². The van der Waals surface area contributed by atoms with E-state index in [9.17, 15) is 0 Å². The maximum Gasteiger partial charge on any atom is 0.133 e. The van der Waals surface area contributed by atoms with Gasteiger partial charge in [-0.2, -0.15) is 0 Å². The Labute approximate surface area is 122 Å². The number of aromatic nitrogens is 2. The first kappa shape index (κ1) is 15.1. The lowest BCUT2D eigenvalue weighted by Crippen LogP contribution is -2.32. The minimum Gasteiger partial charge on any atom is -0.373 e. The van der Waals surface area contributed by atoms with Crippen molar-refractivity contribution in [3.8, 4) is 0 Å². The van der Waals surface area contributed by atoms with Crippen molar-refractivity contribution in [1.82, 2.24) is 9.97 Å². The normalized spacial score (nSPS) is 22.6. The molecule has 0 radical (unpaired) electrons. The summed E-state index contributed by atoms with van der Waals surface area (Å²) in [6, 6.07) is 2.60. The monoisotopic (exact) mass is 276 g/mol. The van der Waals surface area contributed by atoms with E-state index >= 15 is 0 Å². The summed E-state index contributed by atoms with van der Waals surface area (Å²) in [7, 11) is 1.91. The highest BCUT2D eigenvalue weighted by Crippen LogP contribution is 2.29. The summed E-state index contributed by atoms with van der Waals surface area (Å²) < 4.78 is 0. The molecule has 2 N–H and O–H groups in total. The predicted molar refractivity (Wildman–Crippen MR) is 85.2 cm³/mol. The number of anilines is 2. The molecule has 1 saturated carbocycles. The third kappa shape index (κ3) is 3.84. The molecule has 1 aromatic heterocycles. The van der Waals surface area contributed by atoms with Crippen LogP contribution in [0.1, 0.15) is 58.2 Å². The van der Waals surface area contributed by atoms with Crippen molar-refractivity contribution in [2.45, 2.75) is 64.8 Å². The fourth-order valence-electron chi connectivity index (χ4n) is 3.11. The summed E-state index contributed by atoms with van der Waals surface area (Å²) in [5, 5.41) is 6.80. The average molecular weight is 276 g/mol. The maximum absolute atomic E-state index is 4.67. The second-order valence-corrected chi connectivity index (χ2v) is 5.76. The Morgan fingerprint density at radius 1 is 1.15 bits per heavy atom. The molecule has 0 spiro atoms. The first-order chi connectivity index (χ1) is 9.76. The summed E-state index contributed by atoms with van der Waals surface area (Å²) in [5.74, 6) is 3.62. The van der Waals surface area contributed by atoms with E-state index in [1.165, 1.54) is 32.1 Å². The lowest BCUT2D eigenvalue weighted by atomic mass is 9.83. The lowest BCUT2D eigenvalue weighted by Gasteiger charge is -2.32. The summed E-state index contributed by atoms with van der Waals surface area (Å²) in [6.07, 6.45) is 8.59. The molecule has 0 saturated heterocycles. The number of aryl methyl sites for hydroxylation is 1. The van der Waals surface area contributed by atoms with E-state index < -0.39 is 0 Å². The maximum atomic E-state index is 4.67. The van der Waals surface area contributed by atoms with Gasteiger partial charge < -0.3 is 10.6 Å². The van der Waals surface area contributed by atoms with E-state index in [0.29, 0.717) is 6.04 Å².